The molecule has 0 unspecified atom stereocenters. The normalized spacial score (nSPS) is 12.6. The van der Waals surface area contributed by atoms with E-state index in [4.69, 9.17) is 5.73 Å². The third-order valence-electron chi connectivity index (χ3n) is 2.89. The van der Waals surface area contributed by atoms with Crippen LogP contribution in [0.15, 0.2) is 36.7 Å². The topological polar surface area (TPSA) is 43.8 Å². The maximum atomic E-state index is 5.84. The fourth-order valence-corrected chi connectivity index (χ4v) is 1.92. The lowest BCUT2D eigenvalue weighted by Crippen LogP contribution is -2.05. The van der Waals surface area contributed by atoms with E-state index >= 15 is 0 Å². The van der Waals surface area contributed by atoms with Crippen LogP contribution in [0.4, 0.5) is 0 Å². The molecule has 0 aliphatic carbocycles. The predicted molar refractivity (Wildman–Crippen MR) is 70.2 cm³/mol. The average molecular weight is 229 g/mol. The Labute approximate surface area is 102 Å². The molecule has 0 bridgehead atoms. The Bertz CT molecular complexity index is 468. The van der Waals surface area contributed by atoms with Gasteiger partial charge in [-0.3, -0.25) is 0 Å². The highest BCUT2D eigenvalue weighted by atomic mass is 15.1. The van der Waals surface area contributed by atoms with E-state index in [2.05, 4.69) is 40.7 Å². The number of nitrogens with two attached hydrogens (primary N) is 1. The molecule has 0 saturated carbocycles. The van der Waals surface area contributed by atoms with Crippen molar-refractivity contribution < 1.29 is 0 Å². The fourth-order valence-electron chi connectivity index (χ4n) is 1.92. The van der Waals surface area contributed by atoms with Gasteiger partial charge in [-0.2, -0.15) is 0 Å². The van der Waals surface area contributed by atoms with E-state index < -0.39 is 0 Å². The zero-order chi connectivity index (χ0) is 12.3. The molecule has 0 spiro atoms. The third kappa shape index (κ3) is 2.56. The highest BCUT2D eigenvalue weighted by Gasteiger charge is 2.04. The van der Waals surface area contributed by atoms with Crippen molar-refractivity contribution in [2.24, 2.45) is 5.73 Å². The van der Waals surface area contributed by atoms with Gasteiger partial charge in [0.05, 0.1) is 0 Å². The van der Waals surface area contributed by atoms with E-state index in [-0.39, 0.29) is 6.04 Å². The van der Waals surface area contributed by atoms with E-state index in [0.717, 1.165) is 29.9 Å². The van der Waals surface area contributed by atoms with E-state index in [1.54, 1.807) is 0 Å². The summed E-state index contributed by atoms with van der Waals surface area (Å²) in [4.78, 5) is 4.38. The van der Waals surface area contributed by atoms with Gasteiger partial charge >= 0.3 is 0 Å². The van der Waals surface area contributed by atoms with Crippen LogP contribution in [-0.4, -0.2) is 9.55 Å². The molecule has 0 amide bonds. The van der Waals surface area contributed by atoms with Crippen LogP contribution >= 0.6 is 0 Å². The van der Waals surface area contributed by atoms with E-state index in [1.165, 1.54) is 0 Å². The van der Waals surface area contributed by atoms with Crippen molar-refractivity contribution in [3.8, 4) is 5.69 Å². The number of benzene rings is 1. The molecule has 2 N–H and O–H groups in total. The molecule has 17 heavy (non-hydrogen) atoms. The summed E-state index contributed by atoms with van der Waals surface area (Å²) in [7, 11) is 0. The summed E-state index contributed by atoms with van der Waals surface area (Å²) in [6.45, 7) is 4.16. The first-order chi connectivity index (χ1) is 8.22. The molecule has 3 nitrogen and oxygen atoms in total. The van der Waals surface area contributed by atoms with Gasteiger partial charge < -0.3 is 10.3 Å². The molecular formula is C14H19N3. The quantitative estimate of drug-likeness (QED) is 0.876. The summed E-state index contributed by atoms with van der Waals surface area (Å²) >= 11 is 0. The molecule has 0 fully saturated rings. The fraction of sp³-hybridized carbons (Fsp3) is 0.357. The van der Waals surface area contributed by atoms with Crippen molar-refractivity contribution in [3.63, 3.8) is 0 Å². The van der Waals surface area contributed by atoms with Gasteiger partial charge in [0.15, 0.2) is 0 Å². The maximum absolute atomic E-state index is 5.84. The maximum Gasteiger partial charge on any atom is 0.113 e. The van der Waals surface area contributed by atoms with E-state index in [0.29, 0.717) is 0 Å². The summed E-state index contributed by atoms with van der Waals surface area (Å²) in [5.41, 5.74) is 8.15. The van der Waals surface area contributed by atoms with Gasteiger partial charge in [0.1, 0.15) is 5.82 Å². The van der Waals surface area contributed by atoms with Crippen LogP contribution in [-0.2, 0) is 6.42 Å². The van der Waals surface area contributed by atoms with E-state index in [1.807, 2.05) is 19.3 Å². The SMILES string of the molecule is CCCc1nccn1-c1ccc([C@@H](C)N)cc1. The molecule has 1 heterocycles. The minimum atomic E-state index is 0.0851. The monoisotopic (exact) mass is 229 g/mol. The minimum absolute atomic E-state index is 0.0851. The van der Waals surface area contributed by atoms with Crippen LogP contribution < -0.4 is 5.73 Å². The number of imidazole rings is 1. The first-order valence-electron chi connectivity index (χ1n) is 6.10. The Balaban J connectivity index is 2.30. The van der Waals surface area contributed by atoms with Crippen LogP contribution in [0.5, 0.6) is 0 Å². The highest BCUT2D eigenvalue weighted by molar-refractivity contribution is 5.36. The van der Waals surface area contributed by atoms with Gasteiger partial charge in [0.2, 0.25) is 0 Å². The van der Waals surface area contributed by atoms with Gasteiger partial charge in [-0.05, 0) is 31.0 Å². The van der Waals surface area contributed by atoms with Gasteiger partial charge in [-0.1, -0.05) is 19.1 Å². The van der Waals surface area contributed by atoms with Crippen molar-refractivity contribution in [3.05, 3.63) is 48.0 Å². The van der Waals surface area contributed by atoms with Crippen LogP contribution in [0.25, 0.3) is 5.69 Å². The van der Waals surface area contributed by atoms with Crippen LogP contribution in [0, 0.1) is 0 Å². The standard InChI is InChI=1S/C14H19N3/c1-3-4-14-16-9-10-17(14)13-7-5-12(6-8-13)11(2)15/h5-11H,3-4,15H2,1-2H3/t11-/m1/s1. The van der Waals surface area contributed by atoms with Crippen molar-refractivity contribution >= 4 is 0 Å². The van der Waals surface area contributed by atoms with Gasteiger partial charge in [0.25, 0.3) is 0 Å². The average Bonchev–Trinajstić information content (AvgIpc) is 2.78. The summed E-state index contributed by atoms with van der Waals surface area (Å²) in [6, 6.07) is 8.44. The number of nitrogens with zero attached hydrogens (tertiary/aromatic N) is 2. The number of aromatic nitrogens is 2. The predicted octanol–water partition coefficient (Wildman–Crippen LogP) is 2.84. The third-order valence-corrected chi connectivity index (χ3v) is 2.89. The Morgan fingerprint density at radius 1 is 1.29 bits per heavy atom. The summed E-state index contributed by atoms with van der Waals surface area (Å²) in [6.07, 6.45) is 5.97. The van der Waals surface area contributed by atoms with E-state index in [9.17, 15) is 0 Å². The summed E-state index contributed by atoms with van der Waals surface area (Å²) in [5.74, 6) is 1.11. The smallest absolute Gasteiger partial charge is 0.113 e. The van der Waals surface area contributed by atoms with Crippen molar-refractivity contribution in [1.29, 1.82) is 0 Å². The van der Waals surface area contributed by atoms with Gasteiger partial charge in [-0.15, -0.1) is 0 Å². The second-order valence-corrected chi connectivity index (χ2v) is 4.34. The molecule has 1 aromatic heterocycles. The Morgan fingerprint density at radius 2 is 2.00 bits per heavy atom. The number of aryl methyl sites for hydroxylation is 1. The van der Waals surface area contributed by atoms with Crippen molar-refractivity contribution in [2.45, 2.75) is 32.7 Å². The Kier molecular flexibility index (Phi) is 3.59. The lowest BCUT2D eigenvalue weighted by molar-refractivity contribution is 0.803. The molecule has 2 rings (SSSR count). The second-order valence-electron chi connectivity index (χ2n) is 4.34. The first kappa shape index (κ1) is 11.9. The molecule has 1 aromatic carbocycles. The van der Waals surface area contributed by atoms with Crippen LogP contribution in [0.3, 0.4) is 0 Å². The van der Waals surface area contributed by atoms with Crippen molar-refractivity contribution in [1.82, 2.24) is 9.55 Å². The Hall–Kier alpha value is -1.61. The van der Waals surface area contributed by atoms with Crippen molar-refractivity contribution in [2.75, 3.05) is 0 Å². The lowest BCUT2D eigenvalue weighted by atomic mass is 10.1. The summed E-state index contributed by atoms with van der Waals surface area (Å²) in [5, 5.41) is 0. The highest BCUT2D eigenvalue weighted by Crippen LogP contribution is 2.16. The number of hydrogen-bond acceptors (Lipinski definition) is 2. The van der Waals surface area contributed by atoms with Crippen LogP contribution in [0.1, 0.15) is 37.7 Å². The zero-order valence-corrected chi connectivity index (χ0v) is 10.4. The molecule has 0 aliphatic rings. The molecular weight excluding hydrogens is 210 g/mol. The molecule has 1 atom stereocenters. The number of hydrogen-bond donors (Lipinski definition) is 1. The van der Waals surface area contributed by atoms with Crippen LogP contribution in [0.2, 0.25) is 0 Å². The zero-order valence-electron chi connectivity index (χ0n) is 10.4. The summed E-state index contributed by atoms with van der Waals surface area (Å²) < 4.78 is 2.13. The number of rotatable bonds is 4. The largest absolute Gasteiger partial charge is 0.324 e. The lowest BCUT2D eigenvalue weighted by Gasteiger charge is -2.10. The molecule has 90 valence electrons. The minimum Gasteiger partial charge on any atom is -0.324 e. The first-order valence-corrected chi connectivity index (χ1v) is 6.10. The molecule has 0 saturated heterocycles. The second kappa shape index (κ2) is 5.15. The molecule has 3 heteroatoms. The molecule has 0 aliphatic heterocycles. The Morgan fingerprint density at radius 3 is 2.59 bits per heavy atom. The molecule has 0 radical (unpaired) electrons. The van der Waals surface area contributed by atoms with Gasteiger partial charge in [0, 0.05) is 30.5 Å². The van der Waals surface area contributed by atoms with Gasteiger partial charge in [-0.25, -0.2) is 4.98 Å². The molecule has 2 aromatic rings.